The minimum absolute atomic E-state index is 0.0415. The van der Waals surface area contributed by atoms with Crippen LogP contribution >= 0.6 is 0 Å². The Balaban J connectivity index is 2.07. The first-order chi connectivity index (χ1) is 12.0. The second-order valence-corrected chi connectivity index (χ2v) is 6.00. The molecule has 0 saturated heterocycles. The lowest BCUT2D eigenvalue weighted by molar-refractivity contribution is -0.384. The van der Waals surface area contributed by atoms with Crippen LogP contribution < -0.4 is 15.2 Å². The molecule has 1 saturated carbocycles. The van der Waals surface area contributed by atoms with Gasteiger partial charge < -0.3 is 19.7 Å². The van der Waals surface area contributed by atoms with Gasteiger partial charge in [0.15, 0.2) is 17.3 Å². The van der Waals surface area contributed by atoms with E-state index in [2.05, 4.69) is 10.1 Å². The number of ether oxygens (including phenoxy) is 2. The van der Waals surface area contributed by atoms with Crippen LogP contribution in [0.5, 0.6) is 11.5 Å². The third-order valence-corrected chi connectivity index (χ3v) is 4.38. The molecule has 9 heteroatoms. The summed E-state index contributed by atoms with van der Waals surface area (Å²) in [5, 5.41) is 15.4. The van der Waals surface area contributed by atoms with Gasteiger partial charge in [-0.3, -0.25) is 10.1 Å². The molecule has 0 bridgehead atoms. The second-order valence-electron chi connectivity index (χ2n) is 6.00. The van der Waals surface area contributed by atoms with Crippen LogP contribution in [0.1, 0.15) is 38.4 Å². The summed E-state index contributed by atoms with van der Waals surface area (Å²) in [7, 11) is 1.46. The van der Waals surface area contributed by atoms with E-state index in [0.717, 1.165) is 25.7 Å². The van der Waals surface area contributed by atoms with Crippen LogP contribution in [0, 0.1) is 10.1 Å². The molecule has 1 fully saturated rings. The summed E-state index contributed by atoms with van der Waals surface area (Å²) in [5.74, 6) is 1.05. The molecule has 9 nitrogen and oxygen atoms in total. The van der Waals surface area contributed by atoms with E-state index in [0.29, 0.717) is 18.2 Å². The number of hydrogen-bond acceptors (Lipinski definition) is 8. The van der Waals surface area contributed by atoms with Gasteiger partial charge in [-0.15, -0.1) is 0 Å². The van der Waals surface area contributed by atoms with Crippen LogP contribution in [0.3, 0.4) is 0 Å². The number of benzene rings is 1. The van der Waals surface area contributed by atoms with Crippen molar-refractivity contribution in [2.24, 2.45) is 5.73 Å². The largest absolute Gasteiger partial charge is 0.493 e. The monoisotopic (exact) mass is 348 g/mol. The zero-order valence-electron chi connectivity index (χ0n) is 14.2. The van der Waals surface area contributed by atoms with Gasteiger partial charge in [-0.2, -0.15) is 4.98 Å². The van der Waals surface area contributed by atoms with Crippen LogP contribution in [0.25, 0.3) is 11.5 Å². The van der Waals surface area contributed by atoms with Crippen LogP contribution in [0.15, 0.2) is 16.7 Å². The Morgan fingerprint density at radius 1 is 1.36 bits per heavy atom. The van der Waals surface area contributed by atoms with Gasteiger partial charge in [0.05, 0.1) is 30.2 Å². The third-order valence-electron chi connectivity index (χ3n) is 4.38. The van der Waals surface area contributed by atoms with Crippen molar-refractivity contribution in [3.8, 4) is 23.0 Å². The molecule has 1 aliphatic rings. The summed E-state index contributed by atoms with van der Waals surface area (Å²) in [4.78, 5) is 15.3. The van der Waals surface area contributed by atoms with Crippen molar-refractivity contribution in [2.75, 3.05) is 13.7 Å². The molecule has 1 aromatic heterocycles. The summed E-state index contributed by atoms with van der Waals surface area (Å²) in [5.41, 5.74) is 5.67. The Hall–Kier alpha value is -2.68. The van der Waals surface area contributed by atoms with Gasteiger partial charge in [0.25, 0.3) is 11.6 Å². The number of methoxy groups -OCH3 is 1. The smallest absolute Gasteiger partial charge is 0.286 e. The Morgan fingerprint density at radius 2 is 2.08 bits per heavy atom. The predicted octanol–water partition coefficient (Wildman–Crippen LogP) is 2.78. The highest BCUT2D eigenvalue weighted by molar-refractivity contribution is 5.72. The third kappa shape index (κ3) is 3.14. The zero-order valence-corrected chi connectivity index (χ0v) is 14.2. The van der Waals surface area contributed by atoms with E-state index < -0.39 is 10.5 Å². The summed E-state index contributed by atoms with van der Waals surface area (Å²) in [6.07, 6.45) is 3.52. The number of hydrogen-bond donors (Lipinski definition) is 1. The minimum Gasteiger partial charge on any atom is -0.493 e. The number of aromatic nitrogens is 2. The Bertz CT molecular complexity index is 783. The quantitative estimate of drug-likeness (QED) is 0.623. The maximum absolute atomic E-state index is 11.5. The van der Waals surface area contributed by atoms with Crippen molar-refractivity contribution in [1.29, 1.82) is 0 Å². The average molecular weight is 348 g/mol. The van der Waals surface area contributed by atoms with Gasteiger partial charge in [0.1, 0.15) is 5.56 Å². The molecule has 0 amide bonds. The zero-order chi connectivity index (χ0) is 18.0. The van der Waals surface area contributed by atoms with Gasteiger partial charge in [-0.1, -0.05) is 18.0 Å². The molecule has 134 valence electrons. The van der Waals surface area contributed by atoms with Crippen molar-refractivity contribution in [1.82, 2.24) is 10.1 Å². The fourth-order valence-corrected chi connectivity index (χ4v) is 3.06. The van der Waals surface area contributed by atoms with Crippen molar-refractivity contribution >= 4 is 5.69 Å². The van der Waals surface area contributed by atoms with E-state index in [-0.39, 0.29) is 22.9 Å². The Labute approximate surface area is 144 Å². The molecule has 0 unspecified atom stereocenters. The molecule has 0 spiro atoms. The number of nitro benzene ring substituents is 1. The fourth-order valence-electron chi connectivity index (χ4n) is 3.06. The summed E-state index contributed by atoms with van der Waals surface area (Å²) in [6.45, 7) is 2.14. The second kappa shape index (κ2) is 6.67. The van der Waals surface area contributed by atoms with E-state index in [1.54, 1.807) is 6.92 Å². The van der Waals surface area contributed by atoms with E-state index >= 15 is 0 Å². The summed E-state index contributed by atoms with van der Waals surface area (Å²) >= 11 is 0. The first-order valence-corrected chi connectivity index (χ1v) is 8.11. The van der Waals surface area contributed by atoms with Gasteiger partial charge in [-0.25, -0.2) is 0 Å². The minimum atomic E-state index is -0.633. The van der Waals surface area contributed by atoms with E-state index in [1.165, 1.54) is 19.2 Å². The summed E-state index contributed by atoms with van der Waals surface area (Å²) < 4.78 is 15.9. The lowest BCUT2D eigenvalue weighted by Gasteiger charge is -2.17. The highest BCUT2D eigenvalue weighted by Crippen LogP contribution is 2.41. The average Bonchev–Trinajstić information content (AvgIpc) is 3.24. The molecule has 1 aromatic carbocycles. The van der Waals surface area contributed by atoms with Crippen molar-refractivity contribution in [3.05, 3.63) is 28.1 Å². The van der Waals surface area contributed by atoms with Crippen LogP contribution in [0.4, 0.5) is 5.69 Å². The molecule has 25 heavy (non-hydrogen) atoms. The lowest BCUT2D eigenvalue weighted by Crippen LogP contribution is -2.34. The number of nitro groups is 1. The van der Waals surface area contributed by atoms with E-state index in [1.807, 2.05) is 0 Å². The highest BCUT2D eigenvalue weighted by atomic mass is 16.6. The molecule has 3 rings (SSSR count). The van der Waals surface area contributed by atoms with Crippen molar-refractivity contribution in [3.63, 3.8) is 0 Å². The van der Waals surface area contributed by atoms with Crippen LogP contribution in [-0.4, -0.2) is 28.8 Å². The Kier molecular flexibility index (Phi) is 4.58. The topological polar surface area (TPSA) is 127 Å². The summed E-state index contributed by atoms with van der Waals surface area (Å²) in [6, 6.07) is 2.77. The first kappa shape index (κ1) is 17.2. The molecular weight excluding hydrogens is 328 g/mol. The van der Waals surface area contributed by atoms with Crippen LogP contribution in [-0.2, 0) is 5.54 Å². The SMILES string of the molecule is CCOc1cc([N+](=O)[O-])c(-c2nc(C3(N)CCCC3)no2)cc1OC. The van der Waals surface area contributed by atoms with Crippen molar-refractivity contribution in [2.45, 2.75) is 38.1 Å². The van der Waals surface area contributed by atoms with E-state index in [9.17, 15) is 10.1 Å². The molecular formula is C16H20N4O5. The molecule has 0 atom stereocenters. The molecule has 1 aliphatic carbocycles. The van der Waals surface area contributed by atoms with Gasteiger partial charge >= 0.3 is 0 Å². The lowest BCUT2D eigenvalue weighted by atomic mass is 9.98. The number of rotatable bonds is 6. The molecule has 1 heterocycles. The van der Waals surface area contributed by atoms with Gasteiger partial charge in [-0.05, 0) is 19.8 Å². The maximum Gasteiger partial charge on any atom is 0.286 e. The highest BCUT2D eigenvalue weighted by Gasteiger charge is 2.37. The first-order valence-electron chi connectivity index (χ1n) is 8.11. The van der Waals surface area contributed by atoms with Crippen LogP contribution in [0.2, 0.25) is 0 Å². The normalized spacial score (nSPS) is 16.0. The Morgan fingerprint density at radius 3 is 2.68 bits per heavy atom. The molecule has 0 aliphatic heterocycles. The fraction of sp³-hybridized carbons (Fsp3) is 0.500. The predicted molar refractivity (Wildman–Crippen MR) is 88.4 cm³/mol. The maximum atomic E-state index is 11.5. The van der Waals surface area contributed by atoms with E-state index in [4.69, 9.17) is 19.7 Å². The molecule has 2 aromatic rings. The number of nitrogens with zero attached hydrogens (tertiary/aromatic N) is 3. The standard InChI is InChI=1S/C16H20N4O5/c1-3-24-13-9-11(20(21)22)10(8-12(13)23-2)14-18-15(19-25-14)16(17)6-4-5-7-16/h8-9H,3-7,17H2,1-2H3. The molecule has 2 N–H and O–H groups in total. The van der Waals surface area contributed by atoms with Crippen molar-refractivity contribution < 1.29 is 18.9 Å². The number of nitrogens with two attached hydrogens (primary N) is 1. The van der Waals surface area contributed by atoms with Gasteiger partial charge in [0, 0.05) is 6.07 Å². The van der Waals surface area contributed by atoms with Gasteiger partial charge in [0.2, 0.25) is 0 Å². The molecule has 0 radical (unpaired) electrons.